The number of amides is 1. The second kappa shape index (κ2) is 22.5. The molecule has 0 aromatic rings. The lowest BCUT2D eigenvalue weighted by atomic mass is 9.89. The molecule has 0 aliphatic rings. The van der Waals surface area contributed by atoms with Crippen molar-refractivity contribution in [2.75, 3.05) is 34.3 Å². The van der Waals surface area contributed by atoms with Crippen LogP contribution in [0.15, 0.2) is 0 Å². The van der Waals surface area contributed by atoms with Crippen molar-refractivity contribution >= 4 is 19.7 Å². The van der Waals surface area contributed by atoms with Crippen molar-refractivity contribution in [2.45, 2.75) is 142 Å². The molecule has 0 saturated carbocycles. The Morgan fingerprint density at radius 2 is 1.24 bits per heavy atom. The zero-order chi connectivity index (χ0) is 31.3. The SMILES string of the molecule is CCCCCCCCCCCCCCCCCC(=O)NC(C(C)OCC)C(C(=O)O)C(C[N+](C)(C)C)OP(=O)(O)O. The van der Waals surface area contributed by atoms with E-state index < -0.39 is 38.0 Å². The standard InChI is InChI=1S/C30H61N2O8P/c1-7-9-10-11-12-13-14-15-16-17-18-19-20-21-22-23-27(33)31-29(25(3)39-8-2)28(30(34)35)26(24-32(4,5)6)40-41(36,37)38/h25-26,28-29H,7-24H2,1-6H3,(H3-,31,33,34,35,36,37,38)/p+1. The number of phosphoric ester groups is 1. The molecule has 1 amide bonds. The van der Waals surface area contributed by atoms with Crippen molar-refractivity contribution in [3.8, 4) is 0 Å². The van der Waals surface area contributed by atoms with Gasteiger partial charge in [0.2, 0.25) is 5.91 Å². The topological polar surface area (TPSA) is 142 Å². The zero-order valence-corrected chi connectivity index (χ0v) is 27.7. The maximum absolute atomic E-state index is 12.9. The first-order chi connectivity index (χ1) is 19.2. The van der Waals surface area contributed by atoms with Crippen LogP contribution in [0.4, 0.5) is 0 Å². The van der Waals surface area contributed by atoms with Crippen LogP contribution in [0.5, 0.6) is 0 Å². The molecule has 0 bridgehead atoms. The number of nitrogens with one attached hydrogen (secondary N) is 1. The molecule has 0 saturated heterocycles. The molecule has 0 aromatic heterocycles. The first-order valence-corrected chi connectivity index (χ1v) is 17.4. The number of aliphatic carboxylic acids is 1. The molecule has 244 valence electrons. The van der Waals surface area contributed by atoms with Crippen molar-refractivity contribution in [1.29, 1.82) is 0 Å². The van der Waals surface area contributed by atoms with E-state index >= 15 is 0 Å². The summed E-state index contributed by atoms with van der Waals surface area (Å²) in [6.45, 7) is 5.96. The fourth-order valence-corrected chi connectivity index (χ4v) is 5.80. The fourth-order valence-electron chi connectivity index (χ4n) is 5.25. The van der Waals surface area contributed by atoms with Crippen LogP contribution in [0, 0.1) is 5.92 Å². The van der Waals surface area contributed by atoms with Gasteiger partial charge >= 0.3 is 13.8 Å². The molecule has 0 fully saturated rings. The van der Waals surface area contributed by atoms with E-state index in [0.29, 0.717) is 6.42 Å². The lowest BCUT2D eigenvalue weighted by molar-refractivity contribution is -0.873. The predicted molar refractivity (Wildman–Crippen MR) is 164 cm³/mol. The summed E-state index contributed by atoms with van der Waals surface area (Å²) in [5.41, 5.74) is 0. The van der Waals surface area contributed by atoms with Crippen LogP contribution in [0.25, 0.3) is 0 Å². The Kier molecular flexibility index (Phi) is 21.9. The van der Waals surface area contributed by atoms with Crippen LogP contribution < -0.4 is 5.32 Å². The van der Waals surface area contributed by atoms with Crippen LogP contribution in [0.3, 0.4) is 0 Å². The highest BCUT2D eigenvalue weighted by Gasteiger charge is 2.45. The minimum Gasteiger partial charge on any atom is -0.481 e. The number of ether oxygens (including phenoxy) is 1. The Morgan fingerprint density at radius 3 is 1.61 bits per heavy atom. The van der Waals surface area contributed by atoms with Gasteiger partial charge in [-0.3, -0.25) is 14.1 Å². The Hall–Kier alpha value is -1.03. The maximum Gasteiger partial charge on any atom is 0.470 e. The van der Waals surface area contributed by atoms with Crippen LogP contribution in [0.2, 0.25) is 0 Å². The van der Waals surface area contributed by atoms with E-state index in [0.717, 1.165) is 19.3 Å². The molecular weight excluding hydrogens is 547 g/mol. The highest BCUT2D eigenvalue weighted by atomic mass is 31.2. The zero-order valence-electron chi connectivity index (χ0n) is 26.8. The Balaban J connectivity index is 4.71. The molecule has 0 heterocycles. The van der Waals surface area contributed by atoms with E-state index in [2.05, 4.69) is 12.2 Å². The number of rotatable bonds is 27. The molecule has 10 nitrogen and oxygen atoms in total. The second-order valence-electron chi connectivity index (χ2n) is 12.4. The van der Waals surface area contributed by atoms with Gasteiger partial charge in [-0.1, -0.05) is 96.8 Å². The summed E-state index contributed by atoms with van der Waals surface area (Å²) in [5.74, 6) is -3.05. The molecule has 0 rings (SSSR count). The van der Waals surface area contributed by atoms with Crippen molar-refractivity contribution < 1.29 is 42.8 Å². The van der Waals surface area contributed by atoms with Crippen LogP contribution in [0.1, 0.15) is 124 Å². The minimum atomic E-state index is -4.99. The van der Waals surface area contributed by atoms with E-state index in [4.69, 9.17) is 9.26 Å². The number of carboxylic acid groups (broad SMARTS) is 1. The molecule has 0 spiro atoms. The minimum absolute atomic E-state index is 0.00629. The van der Waals surface area contributed by atoms with Gasteiger partial charge in [0.25, 0.3) is 0 Å². The lowest BCUT2D eigenvalue weighted by Crippen LogP contribution is -2.57. The highest BCUT2D eigenvalue weighted by molar-refractivity contribution is 7.46. The molecule has 41 heavy (non-hydrogen) atoms. The Bertz CT molecular complexity index is 740. The van der Waals surface area contributed by atoms with Gasteiger partial charge in [0.1, 0.15) is 18.6 Å². The summed E-state index contributed by atoms with van der Waals surface area (Å²) in [4.78, 5) is 44.3. The molecule has 0 aliphatic carbocycles. The molecule has 11 heteroatoms. The first kappa shape index (κ1) is 40.0. The number of carbonyl (C=O) groups excluding carboxylic acids is 1. The predicted octanol–water partition coefficient (Wildman–Crippen LogP) is 6.04. The summed E-state index contributed by atoms with van der Waals surface area (Å²) in [7, 11) is 0.312. The second-order valence-corrected chi connectivity index (χ2v) is 13.6. The third kappa shape index (κ3) is 22.2. The van der Waals surface area contributed by atoms with Crippen LogP contribution >= 0.6 is 7.82 Å². The summed E-state index contributed by atoms with van der Waals surface area (Å²) in [5, 5.41) is 12.9. The average Bonchev–Trinajstić information content (AvgIpc) is 2.83. The normalized spacial score (nSPS) is 15.3. The Labute approximate surface area is 249 Å². The molecule has 4 unspecified atom stereocenters. The van der Waals surface area contributed by atoms with E-state index in [1.54, 1.807) is 35.0 Å². The van der Waals surface area contributed by atoms with E-state index in [-0.39, 0.29) is 30.0 Å². The maximum atomic E-state index is 12.9. The number of carbonyl (C=O) groups is 2. The van der Waals surface area contributed by atoms with Gasteiger partial charge in [0.15, 0.2) is 0 Å². The van der Waals surface area contributed by atoms with Gasteiger partial charge < -0.3 is 29.4 Å². The summed E-state index contributed by atoms with van der Waals surface area (Å²) >= 11 is 0. The molecule has 0 aliphatic heterocycles. The third-order valence-corrected chi connectivity index (χ3v) is 7.89. The van der Waals surface area contributed by atoms with E-state index in [1.807, 2.05) is 0 Å². The van der Waals surface area contributed by atoms with Crippen LogP contribution in [-0.4, -0.2) is 83.8 Å². The van der Waals surface area contributed by atoms with Gasteiger partial charge in [0, 0.05) is 13.0 Å². The molecule has 4 atom stereocenters. The molecular formula is C30H62N2O8P+. The monoisotopic (exact) mass is 609 g/mol. The summed E-state index contributed by atoms with van der Waals surface area (Å²) in [6, 6.07) is -1.03. The number of quaternary nitrogens is 1. The fraction of sp³-hybridized carbons (Fsp3) is 0.933. The largest absolute Gasteiger partial charge is 0.481 e. The number of phosphoric acid groups is 1. The lowest BCUT2D eigenvalue weighted by Gasteiger charge is -2.37. The van der Waals surface area contributed by atoms with Gasteiger partial charge in [-0.25, -0.2) is 4.57 Å². The van der Waals surface area contributed by atoms with Gasteiger partial charge in [-0.05, 0) is 20.3 Å². The molecule has 0 aromatic carbocycles. The average molecular weight is 610 g/mol. The number of unbranched alkanes of at least 4 members (excludes halogenated alkanes) is 14. The number of hydrogen-bond acceptors (Lipinski definition) is 5. The van der Waals surface area contributed by atoms with Gasteiger partial charge in [-0.15, -0.1) is 0 Å². The molecule has 0 radical (unpaired) electrons. The van der Waals surface area contributed by atoms with Crippen molar-refractivity contribution in [3.63, 3.8) is 0 Å². The Morgan fingerprint density at radius 1 is 0.805 bits per heavy atom. The first-order valence-electron chi connectivity index (χ1n) is 15.9. The van der Waals surface area contributed by atoms with Crippen molar-refractivity contribution in [3.05, 3.63) is 0 Å². The smallest absolute Gasteiger partial charge is 0.470 e. The summed E-state index contributed by atoms with van der Waals surface area (Å²) < 4.78 is 22.5. The number of nitrogens with zero attached hydrogens (tertiary/aromatic N) is 1. The van der Waals surface area contributed by atoms with Crippen molar-refractivity contribution in [2.24, 2.45) is 5.92 Å². The quantitative estimate of drug-likeness (QED) is 0.0501. The number of hydrogen-bond donors (Lipinski definition) is 4. The number of carboxylic acids is 1. The van der Waals surface area contributed by atoms with E-state index in [1.165, 1.54) is 70.6 Å². The molecule has 4 N–H and O–H groups in total. The number of likely N-dealkylation sites (N-methyl/N-ethyl adjacent to an activating group) is 1. The highest BCUT2D eigenvalue weighted by Crippen LogP contribution is 2.40. The van der Waals surface area contributed by atoms with Crippen molar-refractivity contribution in [1.82, 2.24) is 5.32 Å². The van der Waals surface area contributed by atoms with Crippen LogP contribution in [-0.2, 0) is 23.4 Å². The van der Waals surface area contributed by atoms with Gasteiger partial charge in [0.05, 0.1) is 33.3 Å². The summed E-state index contributed by atoms with van der Waals surface area (Å²) in [6.07, 6.45) is 16.6. The third-order valence-electron chi connectivity index (χ3n) is 7.34. The van der Waals surface area contributed by atoms with Gasteiger partial charge in [-0.2, -0.15) is 0 Å². The van der Waals surface area contributed by atoms with E-state index in [9.17, 15) is 29.0 Å².